The van der Waals surface area contributed by atoms with E-state index in [9.17, 15) is 0 Å². The van der Waals surface area contributed by atoms with Gasteiger partial charge in [-0.15, -0.1) is 0 Å². The molecule has 0 amide bonds. The van der Waals surface area contributed by atoms with Crippen molar-refractivity contribution in [2.24, 2.45) is 0 Å². The molecule has 1 aromatic rings. The second-order valence-electron chi connectivity index (χ2n) is 3.37. The van der Waals surface area contributed by atoms with Gasteiger partial charge in [-0.25, -0.2) is 0 Å². The van der Waals surface area contributed by atoms with Crippen LogP contribution in [0, 0.1) is 6.92 Å². The summed E-state index contributed by atoms with van der Waals surface area (Å²) in [6.07, 6.45) is 0. The fourth-order valence-electron chi connectivity index (χ4n) is 1.16. The van der Waals surface area contributed by atoms with Gasteiger partial charge in [-0.05, 0) is 12.5 Å². The van der Waals surface area contributed by atoms with E-state index in [1.165, 1.54) is 11.1 Å². The van der Waals surface area contributed by atoms with Crippen molar-refractivity contribution in [3.05, 3.63) is 35.4 Å². The molecule has 3 heteroatoms. The van der Waals surface area contributed by atoms with Gasteiger partial charge in [0.2, 0.25) is 0 Å². The van der Waals surface area contributed by atoms with Crippen molar-refractivity contribution < 1.29 is 14.6 Å². The fraction of sp³-hybridized carbons (Fsp3) is 0.625. The molecule has 0 heterocycles. The van der Waals surface area contributed by atoms with E-state index in [0.717, 1.165) is 0 Å². The van der Waals surface area contributed by atoms with Crippen LogP contribution in [-0.2, 0) is 16.1 Å². The Morgan fingerprint density at radius 2 is 1.37 bits per heavy atom. The van der Waals surface area contributed by atoms with E-state index < -0.39 is 0 Å². The largest absolute Gasteiger partial charge is 0.394 e. The predicted octanol–water partition coefficient (Wildman–Crippen LogP) is 3.57. The molecule has 0 bridgehead atoms. The summed E-state index contributed by atoms with van der Waals surface area (Å²) < 4.78 is 10.5. The molecule has 1 N–H and O–H groups in total. The van der Waals surface area contributed by atoms with Gasteiger partial charge in [0.15, 0.2) is 0 Å². The van der Waals surface area contributed by atoms with Gasteiger partial charge >= 0.3 is 0 Å². The van der Waals surface area contributed by atoms with Crippen molar-refractivity contribution in [3.8, 4) is 0 Å². The highest BCUT2D eigenvalue weighted by Crippen LogP contribution is 2.04. The topological polar surface area (TPSA) is 38.7 Å². The zero-order chi connectivity index (χ0) is 14.9. The van der Waals surface area contributed by atoms with Crippen LogP contribution in [0.2, 0.25) is 0 Å². The lowest BCUT2D eigenvalue weighted by molar-refractivity contribution is 0.0274. The normalized spacial score (nSPS) is 8.95. The molecule has 0 aliphatic rings. The minimum absolute atomic E-state index is 0.0674. The van der Waals surface area contributed by atoms with Gasteiger partial charge in [-0.2, -0.15) is 0 Å². The van der Waals surface area contributed by atoms with Gasteiger partial charge in [0.25, 0.3) is 0 Å². The van der Waals surface area contributed by atoms with E-state index in [2.05, 4.69) is 31.2 Å². The van der Waals surface area contributed by atoms with Crippen molar-refractivity contribution >= 4 is 0 Å². The molecule has 3 nitrogen and oxygen atoms in total. The molecule has 0 fully saturated rings. The van der Waals surface area contributed by atoms with Crippen LogP contribution < -0.4 is 0 Å². The van der Waals surface area contributed by atoms with E-state index in [1.807, 2.05) is 27.7 Å². The van der Waals surface area contributed by atoms with Crippen molar-refractivity contribution in [2.75, 3.05) is 26.4 Å². The van der Waals surface area contributed by atoms with Gasteiger partial charge in [0.05, 0.1) is 33.0 Å². The van der Waals surface area contributed by atoms with Crippen molar-refractivity contribution in [1.29, 1.82) is 0 Å². The van der Waals surface area contributed by atoms with Gasteiger partial charge < -0.3 is 14.6 Å². The number of hydrogen-bond acceptors (Lipinski definition) is 3. The first kappa shape index (κ1) is 20.4. The van der Waals surface area contributed by atoms with Crippen LogP contribution in [0.5, 0.6) is 0 Å². The van der Waals surface area contributed by atoms with E-state index in [-0.39, 0.29) is 6.61 Å². The first-order valence-corrected chi connectivity index (χ1v) is 7.15. The summed E-state index contributed by atoms with van der Waals surface area (Å²) in [5.74, 6) is 0. The maximum atomic E-state index is 8.46. The average molecular weight is 270 g/mol. The Kier molecular flexibility index (Phi) is 18.4. The Bertz CT molecular complexity index is 257. The SMILES string of the molecule is CC.CC.Cc1ccc(COCCOCCO)cc1. The third kappa shape index (κ3) is 13.3. The molecule has 0 unspecified atom stereocenters. The first-order chi connectivity index (χ1) is 9.33. The lowest BCUT2D eigenvalue weighted by Gasteiger charge is -2.05. The number of benzene rings is 1. The summed E-state index contributed by atoms with van der Waals surface area (Å²) in [6.45, 7) is 12.2. The zero-order valence-corrected chi connectivity index (χ0v) is 13.1. The second-order valence-corrected chi connectivity index (χ2v) is 3.37. The van der Waals surface area contributed by atoms with E-state index in [1.54, 1.807) is 0 Å². The molecular weight excluding hydrogens is 240 g/mol. The molecule has 0 saturated heterocycles. The van der Waals surface area contributed by atoms with Crippen LogP contribution in [0.3, 0.4) is 0 Å². The highest BCUT2D eigenvalue weighted by Gasteiger charge is 1.93. The molecular formula is C16H30O3. The molecule has 1 rings (SSSR count). The fourth-order valence-corrected chi connectivity index (χ4v) is 1.16. The van der Waals surface area contributed by atoms with Crippen LogP contribution in [-0.4, -0.2) is 31.5 Å². The Morgan fingerprint density at radius 3 is 1.89 bits per heavy atom. The standard InChI is InChI=1S/C12H18O3.2C2H6/c1-11-2-4-12(5-3-11)10-15-9-8-14-7-6-13;2*1-2/h2-5,13H,6-10H2,1H3;2*1-2H3. The summed E-state index contributed by atoms with van der Waals surface area (Å²) in [5.41, 5.74) is 2.42. The summed E-state index contributed by atoms with van der Waals surface area (Å²) in [7, 11) is 0. The Labute approximate surface area is 118 Å². The maximum Gasteiger partial charge on any atom is 0.0718 e. The number of ether oxygens (including phenoxy) is 2. The monoisotopic (exact) mass is 270 g/mol. The average Bonchev–Trinajstić information content (AvgIpc) is 2.49. The lowest BCUT2D eigenvalue weighted by Crippen LogP contribution is -2.07. The molecule has 0 aromatic heterocycles. The number of rotatable bonds is 7. The quantitative estimate of drug-likeness (QED) is 0.770. The number of hydrogen-bond donors (Lipinski definition) is 1. The first-order valence-electron chi connectivity index (χ1n) is 7.15. The van der Waals surface area contributed by atoms with E-state index in [4.69, 9.17) is 14.6 Å². The molecule has 0 saturated carbocycles. The Hall–Kier alpha value is -0.900. The minimum Gasteiger partial charge on any atom is -0.394 e. The van der Waals surface area contributed by atoms with Gasteiger partial charge in [-0.1, -0.05) is 57.5 Å². The summed E-state index contributed by atoms with van der Waals surface area (Å²) in [6, 6.07) is 8.26. The zero-order valence-electron chi connectivity index (χ0n) is 13.1. The van der Waals surface area contributed by atoms with Crippen LogP contribution in [0.4, 0.5) is 0 Å². The van der Waals surface area contributed by atoms with E-state index >= 15 is 0 Å². The third-order valence-corrected chi connectivity index (χ3v) is 2.00. The molecule has 0 atom stereocenters. The van der Waals surface area contributed by atoms with Gasteiger partial charge in [-0.3, -0.25) is 0 Å². The van der Waals surface area contributed by atoms with Crippen LogP contribution in [0.25, 0.3) is 0 Å². The molecule has 0 radical (unpaired) electrons. The molecule has 0 spiro atoms. The molecule has 1 aromatic carbocycles. The second kappa shape index (κ2) is 17.1. The van der Waals surface area contributed by atoms with Crippen LogP contribution >= 0.6 is 0 Å². The van der Waals surface area contributed by atoms with Gasteiger partial charge in [0.1, 0.15) is 0 Å². The highest BCUT2D eigenvalue weighted by molar-refractivity contribution is 5.20. The van der Waals surface area contributed by atoms with Crippen molar-refractivity contribution in [3.63, 3.8) is 0 Å². The third-order valence-electron chi connectivity index (χ3n) is 2.00. The molecule has 0 aliphatic carbocycles. The lowest BCUT2D eigenvalue weighted by atomic mass is 10.2. The minimum atomic E-state index is 0.0674. The molecule has 19 heavy (non-hydrogen) atoms. The highest BCUT2D eigenvalue weighted by atomic mass is 16.5. The van der Waals surface area contributed by atoms with Crippen molar-refractivity contribution in [2.45, 2.75) is 41.2 Å². The summed E-state index contributed by atoms with van der Waals surface area (Å²) in [4.78, 5) is 0. The number of aliphatic hydroxyl groups excluding tert-OH is 1. The van der Waals surface area contributed by atoms with Crippen LogP contribution in [0.1, 0.15) is 38.8 Å². The number of aliphatic hydroxyl groups is 1. The smallest absolute Gasteiger partial charge is 0.0718 e. The van der Waals surface area contributed by atoms with Crippen molar-refractivity contribution in [1.82, 2.24) is 0 Å². The maximum absolute atomic E-state index is 8.46. The van der Waals surface area contributed by atoms with Crippen LogP contribution in [0.15, 0.2) is 24.3 Å². The predicted molar refractivity (Wildman–Crippen MR) is 81.4 cm³/mol. The van der Waals surface area contributed by atoms with E-state index in [0.29, 0.717) is 26.4 Å². The summed E-state index contributed by atoms with van der Waals surface area (Å²) in [5, 5.41) is 8.46. The molecule has 0 aliphatic heterocycles. The summed E-state index contributed by atoms with van der Waals surface area (Å²) >= 11 is 0. The Morgan fingerprint density at radius 1 is 0.842 bits per heavy atom. The Balaban J connectivity index is 0. The number of aryl methyl sites for hydroxylation is 1. The molecule has 112 valence electrons. The van der Waals surface area contributed by atoms with Gasteiger partial charge in [0, 0.05) is 0 Å².